The monoisotopic (exact) mass is 766 g/mol. The van der Waals surface area contributed by atoms with E-state index in [1.807, 2.05) is 21.1 Å². The molecule has 0 aliphatic rings. The molecule has 0 N–H and O–H groups in total. The third-order valence-corrected chi connectivity index (χ3v) is 9.55. The highest BCUT2D eigenvalue weighted by molar-refractivity contribution is 7.45. The van der Waals surface area contributed by atoms with Gasteiger partial charge >= 0.3 is 5.97 Å². The zero-order valence-electron chi connectivity index (χ0n) is 34.7. The molecule has 0 aromatic rings. The fourth-order valence-electron chi connectivity index (χ4n) is 5.34. The number of unbranched alkanes of at least 4 members (excludes halogenated alkanes) is 14. The molecule has 9 heteroatoms. The second kappa shape index (κ2) is 37.1. The van der Waals surface area contributed by atoms with Crippen LogP contribution in [0.4, 0.5) is 0 Å². The number of quaternary nitrogens is 1. The molecule has 308 valence electrons. The Morgan fingerprint density at radius 1 is 0.604 bits per heavy atom. The molecule has 0 aromatic carbocycles. The minimum atomic E-state index is -4.53. The number of likely N-dealkylation sites (N-methyl/N-ethyl adjacent to an activating group) is 1. The van der Waals surface area contributed by atoms with E-state index >= 15 is 0 Å². The Bertz CT molecular complexity index is 1030. The largest absolute Gasteiger partial charge is 0.756 e. The summed E-state index contributed by atoms with van der Waals surface area (Å²) in [6.45, 7) is 5.24. The van der Waals surface area contributed by atoms with Crippen LogP contribution in [-0.2, 0) is 27.9 Å². The van der Waals surface area contributed by atoms with E-state index in [4.69, 9.17) is 18.5 Å². The predicted octanol–water partition coefficient (Wildman–Crippen LogP) is 11.5. The molecule has 0 rings (SSSR count). The van der Waals surface area contributed by atoms with Crippen LogP contribution in [0, 0.1) is 0 Å². The van der Waals surface area contributed by atoms with Gasteiger partial charge in [-0.3, -0.25) is 9.36 Å². The van der Waals surface area contributed by atoms with Crippen molar-refractivity contribution >= 4 is 13.8 Å². The van der Waals surface area contributed by atoms with Gasteiger partial charge in [0.05, 0.1) is 34.4 Å². The van der Waals surface area contributed by atoms with Crippen molar-refractivity contribution < 1.29 is 37.3 Å². The van der Waals surface area contributed by atoms with Crippen molar-refractivity contribution in [3.8, 4) is 0 Å². The molecule has 0 spiro atoms. The van der Waals surface area contributed by atoms with Gasteiger partial charge in [0.1, 0.15) is 19.3 Å². The standard InChI is InChI=1S/C44H80NO7P/c1-6-8-10-12-14-16-18-20-21-22-23-24-25-26-27-29-31-33-35-37-44(46)52-43(42-51-53(47,48)50-40-38-45(3,4)5)41-49-39-36-34-32-30-28-19-17-15-13-11-9-7-2/h8,10,14,16,20-21,23-24,26-27,43H,6-7,9,11-13,15,17-19,22,25,28-42H2,1-5H3/b10-8-,16-14-,21-20-,24-23-,27-26-. The zero-order valence-corrected chi connectivity index (χ0v) is 35.6. The number of allylic oxidation sites excluding steroid dienone is 10. The second-order valence-electron chi connectivity index (χ2n) is 15.0. The summed E-state index contributed by atoms with van der Waals surface area (Å²) in [7, 11) is 1.33. The Hall–Kier alpha value is -1.80. The molecular weight excluding hydrogens is 685 g/mol. The van der Waals surface area contributed by atoms with Crippen molar-refractivity contribution in [2.75, 3.05) is 54.1 Å². The molecule has 0 saturated carbocycles. The van der Waals surface area contributed by atoms with Crippen LogP contribution in [0.1, 0.15) is 155 Å². The van der Waals surface area contributed by atoms with Crippen molar-refractivity contribution in [2.24, 2.45) is 0 Å². The van der Waals surface area contributed by atoms with Gasteiger partial charge in [-0.15, -0.1) is 0 Å². The summed E-state index contributed by atoms with van der Waals surface area (Å²) in [5.74, 6) is -0.367. The van der Waals surface area contributed by atoms with Crippen molar-refractivity contribution in [3.05, 3.63) is 60.8 Å². The highest BCUT2D eigenvalue weighted by Crippen LogP contribution is 2.38. The third kappa shape index (κ3) is 41.2. The number of phosphoric acid groups is 1. The van der Waals surface area contributed by atoms with Gasteiger partial charge in [-0.05, 0) is 57.8 Å². The molecule has 0 saturated heterocycles. The van der Waals surface area contributed by atoms with E-state index in [2.05, 4.69) is 74.6 Å². The van der Waals surface area contributed by atoms with Gasteiger partial charge in [-0.1, -0.05) is 152 Å². The predicted molar refractivity (Wildman–Crippen MR) is 222 cm³/mol. The summed E-state index contributed by atoms with van der Waals surface area (Å²) in [5.41, 5.74) is 0. The minimum absolute atomic E-state index is 0.0177. The first-order valence-electron chi connectivity index (χ1n) is 21.0. The van der Waals surface area contributed by atoms with E-state index in [9.17, 15) is 14.3 Å². The Kier molecular flexibility index (Phi) is 35.9. The molecule has 0 aliphatic heterocycles. The molecule has 0 aromatic heterocycles. The number of phosphoric ester groups is 1. The molecule has 53 heavy (non-hydrogen) atoms. The number of rotatable bonds is 38. The fraction of sp³-hybridized carbons (Fsp3) is 0.750. The first-order chi connectivity index (χ1) is 25.6. The quantitative estimate of drug-likeness (QED) is 0.0203. The van der Waals surface area contributed by atoms with Crippen LogP contribution in [-0.4, -0.2) is 70.7 Å². The average molecular weight is 766 g/mol. The molecule has 0 bridgehead atoms. The van der Waals surface area contributed by atoms with Gasteiger partial charge < -0.3 is 27.9 Å². The van der Waals surface area contributed by atoms with Crippen LogP contribution in [0.3, 0.4) is 0 Å². The van der Waals surface area contributed by atoms with Crippen molar-refractivity contribution in [1.29, 1.82) is 0 Å². The molecule has 0 aliphatic carbocycles. The molecule has 0 fully saturated rings. The van der Waals surface area contributed by atoms with Crippen LogP contribution in [0.5, 0.6) is 0 Å². The number of hydrogen-bond acceptors (Lipinski definition) is 7. The number of esters is 1. The topological polar surface area (TPSA) is 94.1 Å². The highest BCUT2D eigenvalue weighted by atomic mass is 31.2. The summed E-state index contributed by atoms with van der Waals surface area (Å²) in [6, 6.07) is 0. The maximum absolute atomic E-state index is 12.6. The van der Waals surface area contributed by atoms with E-state index in [0.29, 0.717) is 24.1 Å². The smallest absolute Gasteiger partial charge is 0.306 e. The summed E-state index contributed by atoms with van der Waals surface area (Å²) < 4.78 is 34.5. The number of carbonyl (C=O) groups excluding carboxylic acids is 1. The third-order valence-electron chi connectivity index (χ3n) is 8.58. The SMILES string of the molecule is CC/C=C\C/C=C\C/C=C\C/C=C\C/C=C\CCCCCC(=O)OC(COCCCCCCCCCCCCCC)COP(=O)([O-])OCC[N+](C)(C)C. The molecular formula is C44H80NO7P. The van der Waals surface area contributed by atoms with Crippen molar-refractivity contribution in [2.45, 2.75) is 161 Å². The first-order valence-corrected chi connectivity index (χ1v) is 22.5. The van der Waals surface area contributed by atoms with Crippen LogP contribution in [0.25, 0.3) is 0 Å². The Balaban J connectivity index is 4.33. The van der Waals surface area contributed by atoms with E-state index in [1.54, 1.807) is 0 Å². The lowest BCUT2D eigenvalue weighted by Crippen LogP contribution is -2.37. The van der Waals surface area contributed by atoms with E-state index < -0.39 is 13.9 Å². The second-order valence-corrected chi connectivity index (χ2v) is 16.4. The highest BCUT2D eigenvalue weighted by Gasteiger charge is 2.20. The average Bonchev–Trinajstić information content (AvgIpc) is 3.11. The van der Waals surface area contributed by atoms with E-state index in [1.165, 1.54) is 64.2 Å². The normalized spacial score (nSPS) is 14.5. The number of carbonyl (C=O) groups is 1. The molecule has 0 radical (unpaired) electrons. The van der Waals surface area contributed by atoms with E-state index in [-0.39, 0.29) is 32.2 Å². The lowest BCUT2D eigenvalue weighted by Gasteiger charge is -2.28. The lowest BCUT2D eigenvalue weighted by molar-refractivity contribution is -0.870. The number of ether oxygens (including phenoxy) is 2. The van der Waals surface area contributed by atoms with Gasteiger partial charge in [-0.2, -0.15) is 0 Å². The van der Waals surface area contributed by atoms with E-state index in [0.717, 1.165) is 64.2 Å². The first kappa shape index (κ1) is 51.2. The zero-order chi connectivity index (χ0) is 39.1. The Morgan fingerprint density at radius 3 is 1.62 bits per heavy atom. The summed E-state index contributed by atoms with van der Waals surface area (Å²) in [5, 5.41) is 0. The number of nitrogens with zero attached hydrogens (tertiary/aromatic N) is 1. The van der Waals surface area contributed by atoms with Gasteiger partial charge in [0, 0.05) is 13.0 Å². The molecule has 2 unspecified atom stereocenters. The molecule has 0 heterocycles. The minimum Gasteiger partial charge on any atom is -0.756 e. The molecule has 8 nitrogen and oxygen atoms in total. The van der Waals surface area contributed by atoms with Gasteiger partial charge in [0.25, 0.3) is 7.82 Å². The maximum Gasteiger partial charge on any atom is 0.306 e. The van der Waals surface area contributed by atoms with Crippen LogP contribution >= 0.6 is 7.82 Å². The van der Waals surface area contributed by atoms with Crippen LogP contribution < -0.4 is 4.89 Å². The van der Waals surface area contributed by atoms with Gasteiger partial charge in [0.2, 0.25) is 0 Å². The fourth-order valence-corrected chi connectivity index (χ4v) is 6.06. The maximum atomic E-state index is 12.6. The Labute approximate surface area is 326 Å². The van der Waals surface area contributed by atoms with Crippen LogP contribution in [0.2, 0.25) is 0 Å². The van der Waals surface area contributed by atoms with Crippen LogP contribution in [0.15, 0.2) is 60.8 Å². The van der Waals surface area contributed by atoms with Crippen molar-refractivity contribution in [3.63, 3.8) is 0 Å². The Morgan fingerprint density at radius 2 is 1.09 bits per heavy atom. The summed E-state index contributed by atoms with van der Waals surface area (Å²) in [4.78, 5) is 25.0. The number of hydrogen-bond donors (Lipinski definition) is 0. The van der Waals surface area contributed by atoms with Gasteiger partial charge in [-0.25, -0.2) is 0 Å². The van der Waals surface area contributed by atoms with Crippen molar-refractivity contribution in [1.82, 2.24) is 0 Å². The summed E-state index contributed by atoms with van der Waals surface area (Å²) in [6.07, 6.45) is 45.1. The molecule has 0 amide bonds. The lowest BCUT2D eigenvalue weighted by atomic mass is 10.1. The molecule has 2 atom stereocenters. The van der Waals surface area contributed by atoms with Gasteiger partial charge in [0.15, 0.2) is 0 Å². The summed E-state index contributed by atoms with van der Waals surface area (Å²) >= 11 is 0.